The summed E-state index contributed by atoms with van der Waals surface area (Å²) in [5, 5.41) is 4.04. The van der Waals surface area contributed by atoms with E-state index in [0.29, 0.717) is 10.6 Å². The van der Waals surface area contributed by atoms with Gasteiger partial charge in [-0.1, -0.05) is 18.5 Å². The van der Waals surface area contributed by atoms with Gasteiger partial charge in [0.15, 0.2) is 0 Å². The molecule has 0 radical (unpaired) electrons. The van der Waals surface area contributed by atoms with Gasteiger partial charge in [-0.15, -0.1) is 11.3 Å². The molecule has 0 bridgehead atoms. The van der Waals surface area contributed by atoms with Gasteiger partial charge in [-0.3, -0.25) is 9.69 Å². The van der Waals surface area contributed by atoms with Crippen molar-refractivity contribution < 1.29 is 4.79 Å². The highest BCUT2D eigenvalue weighted by Gasteiger charge is 2.22. The van der Waals surface area contributed by atoms with Crippen LogP contribution in [0.1, 0.15) is 34.4 Å². The molecule has 6 heteroatoms. The van der Waals surface area contributed by atoms with Gasteiger partial charge >= 0.3 is 0 Å². The van der Waals surface area contributed by atoms with Crippen molar-refractivity contribution in [3.05, 3.63) is 50.9 Å². The number of nitrogens with zero attached hydrogens (tertiary/aromatic N) is 3. The summed E-state index contributed by atoms with van der Waals surface area (Å²) < 4.78 is 0. The third kappa shape index (κ3) is 4.35. The van der Waals surface area contributed by atoms with Crippen molar-refractivity contribution >= 4 is 28.8 Å². The van der Waals surface area contributed by atoms with E-state index in [-0.39, 0.29) is 5.91 Å². The average Bonchev–Trinajstić information content (AvgIpc) is 3.03. The van der Waals surface area contributed by atoms with Gasteiger partial charge in [0.25, 0.3) is 5.91 Å². The van der Waals surface area contributed by atoms with Crippen molar-refractivity contribution in [1.29, 1.82) is 0 Å². The van der Waals surface area contributed by atoms with E-state index in [1.165, 1.54) is 5.01 Å². The van der Waals surface area contributed by atoms with Crippen molar-refractivity contribution in [2.24, 2.45) is 0 Å². The lowest BCUT2D eigenvalue weighted by molar-refractivity contribution is 0.0627. The number of carbonyl (C=O) groups excluding carboxylic acids is 1. The number of carbonyl (C=O) groups is 1. The maximum Gasteiger partial charge on any atom is 0.253 e. The van der Waals surface area contributed by atoms with E-state index in [0.717, 1.165) is 51.3 Å². The second-order valence-corrected chi connectivity index (χ2v) is 7.44. The number of amides is 1. The molecule has 2 heterocycles. The molecule has 128 valence electrons. The second kappa shape index (κ2) is 8.10. The zero-order chi connectivity index (χ0) is 16.9. The molecular weight excluding hydrogens is 342 g/mol. The summed E-state index contributed by atoms with van der Waals surface area (Å²) >= 11 is 7.64. The molecule has 1 saturated heterocycles. The number of aromatic nitrogens is 1. The number of thiazole rings is 1. The van der Waals surface area contributed by atoms with E-state index in [9.17, 15) is 4.79 Å². The highest BCUT2D eigenvalue weighted by molar-refractivity contribution is 7.09. The monoisotopic (exact) mass is 363 g/mol. The van der Waals surface area contributed by atoms with Gasteiger partial charge in [0.1, 0.15) is 0 Å². The number of halogens is 1. The maximum absolute atomic E-state index is 12.5. The number of piperazine rings is 1. The van der Waals surface area contributed by atoms with Crippen molar-refractivity contribution in [1.82, 2.24) is 14.8 Å². The highest BCUT2D eigenvalue weighted by atomic mass is 35.5. The Balaban J connectivity index is 1.51. The minimum Gasteiger partial charge on any atom is -0.336 e. The van der Waals surface area contributed by atoms with Gasteiger partial charge < -0.3 is 4.90 Å². The summed E-state index contributed by atoms with van der Waals surface area (Å²) in [6, 6.07) is 7.12. The van der Waals surface area contributed by atoms with Gasteiger partial charge in [0.2, 0.25) is 0 Å². The summed E-state index contributed by atoms with van der Waals surface area (Å²) in [6.07, 6.45) is 2.20. The Morgan fingerprint density at radius 1 is 1.21 bits per heavy atom. The van der Waals surface area contributed by atoms with Crippen molar-refractivity contribution in [3.8, 4) is 0 Å². The van der Waals surface area contributed by atoms with Crippen LogP contribution in [0, 0.1) is 0 Å². The Hall–Kier alpha value is -1.43. The summed E-state index contributed by atoms with van der Waals surface area (Å²) in [5.41, 5.74) is 1.86. The van der Waals surface area contributed by atoms with E-state index in [4.69, 9.17) is 11.6 Å². The fourth-order valence-electron chi connectivity index (χ4n) is 2.86. The number of hydrogen-bond acceptors (Lipinski definition) is 4. The van der Waals surface area contributed by atoms with Crippen LogP contribution in [0.5, 0.6) is 0 Å². The lowest BCUT2D eigenvalue weighted by Crippen LogP contribution is -2.48. The molecule has 0 saturated carbocycles. The molecule has 1 aliphatic heterocycles. The molecule has 1 fully saturated rings. The lowest BCUT2D eigenvalue weighted by atomic mass is 10.2. The first kappa shape index (κ1) is 17.4. The topological polar surface area (TPSA) is 36.4 Å². The molecule has 1 aromatic heterocycles. The van der Waals surface area contributed by atoms with Crippen molar-refractivity contribution in [2.75, 3.05) is 26.2 Å². The number of hydrogen-bond donors (Lipinski definition) is 0. The normalized spacial score (nSPS) is 15.7. The fourth-order valence-corrected chi connectivity index (χ4v) is 3.88. The second-order valence-electron chi connectivity index (χ2n) is 6.06. The van der Waals surface area contributed by atoms with Crippen LogP contribution < -0.4 is 0 Å². The molecule has 1 aliphatic rings. The molecule has 4 nitrogen and oxygen atoms in total. The number of rotatable bonds is 5. The largest absolute Gasteiger partial charge is 0.336 e. The van der Waals surface area contributed by atoms with Crippen LogP contribution in [0.15, 0.2) is 29.6 Å². The fraction of sp³-hybridized carbons (Fsp3) is 0.444. The van der Waals surface area contributed by atoms with Gasteiger partial charge in [0.05, 0.1) is 10.7 Å². The predicted molar refractivity (Wildman–Crippen MR) is 98.7 cm³/mol. The minimum absolute atomic E-state index is 0.0882. The summed E-state index contributed by atoms with van der Waals surface area (Å²) in [5.74, 6) is 0.0882. The van der Waals surface area contributed by atoms with Crippen LogP contribution in [0.3, 0.4) is 0 Å². The van der Waals surface area contributed by atoms with Crippen LogP contribution in [0.4, 0.5) is 0 Å². The van der Waals surface area contributed by atoms with Gasteiger partial charge in [-0.05, 0) is 37.1 Å². The molecule has 0 aliphatic carbocycles. The lowest BCUT2D eigenvalue weighted by Gasteiger charge is -2.34. The predicted octanol–water partition coefficient (Wildman–Crippen LogP) is 3.71. The third-order valence-electron chi connectivity index (χ3n) is 4.20. The van der Waals surface area contributed by atoms with Gasteiger partial charge in [0, 0.05) is 48.7 Å². The summed E-state index contributed by atoms with van der Waals surface area (Å²) in [7, 11) is 0. The molecule has 0 N–H and O–H groups in total. The van der Waals surface area contributed by atoms with Crippen LogP contribution >= 0.6 is 22.9 Å². The van der Waals surface area contributed by atoms with Crippen molar-refractivity contribution in [2.45, 2.75) is 26.3 Å². The van der Waals surface area contributed by atoms with Crippen LogP contribution in [-0.4, -0.2) is 46.9 Å². The van der Waals surface area contributed by atoms with E-state index in [2.05, 4.69) is 22.2 Å². The number of benzene rings is 1. The quantitative estimate of drug-likeness (QED) is 0.812. The molecule has 0 atom stereocenters. The van der Waals surface area contributed by atoms with E-state index in [1.807, 2.05) is 4.90 Å². The summed E-state index contributed by atoms with van der Waals surface area (Å²) in [6.45, 7) is 6.35. The Bertz CT molecular complexity index is 678. The zero-order valence-electron chi connectivity index (χ0n) is 13.9. The van der Waals surface area contributed by atoms with E-state index < -0.39 is 0 Å². The average molecular weight is 364 g/mol. The Morgan fingerprint density at radius 3 is 2.58 bits per heavy atom. The molecule has 24 heavy (non-hydrogen) atoms. The van der Waals surface area contributed by atoms with Crippen molar-refractivity contribution in [3.63, 3.8) is 0 Å². The standard InChI is InChI=1S/C18H22ClN3OS/c1-2-3-17-20-16(13-24-17)12-21-8-10-22(11-9-21)18(23)14-4-6-15(19)7-5-14/h4-7,13H,2-3,8-12H2,1H3. The van der Waals surface area contributed by atoms with Gasteiger partial charge in [-0.25, -0.2) is 4.98 Å². The first-order valence-corrected chi connectivity index (χ1v) is 9.62. The first-order valence-electron chi connectivity index (χ1n) is 8.36. The molecular formula is C18H22ClN3OS. The van der Waals surface area contributed by atoms with Gasteiger partial charge in [-0.2, -0.15) is 0 Å². The minimum atomic E-state index is 0.0882. The molecule has 1 aromatic carbocycles. The van der Waals surface area contributed by atoms with E-state index >= 15 is 0 Å². The zero-order valence-corrected chi connectivity index (χ0v) is 15.4. The Labute approximate surface area is 152 Å². The van der Waals surface area contributed by atoms with E-state index in [1.54, 1.807) is 35.6 Å². The first-order chi connectivity index (χ1) is 11.7. The third-order valence-corrected chi connectivity index (χ3v) is 5.41. The maximum atomic E-state index is 12.5. The summed E-state index contributed by atoms with van der Waals surface area (Å²) in [4.78, 5) is 21.5. The molecule has 0 spiro atoms. The number of aryl methyl sites for hydroxylation is 1. The molecule has 3 rings (SSSR count). The highest BCUT2D eigenvalue weighted by Crippen LogP contribution is 2.16. The Kier molecular flexibility index (Phi) is 5.87. The molecule has 0 unspecified atom stereocenters. The smallest absolute Gasteiger partial charge is 0.253 e. The van der Waals surface area contributed by atoms with Crippen LogP contribution in [-0.2, 0) is 13.0 Å². The van der Waals surface area contributed by atoms with Crippen LogP contribution in [0.25, 0.3) is 0 Å². The SMILES string of the molecule is CCCc1nc(CN2CCN(C(=O)c3ccc(Cl)cc3)CC2)cs1. The molecule has 2 aromatic rings. The molecule has 1 amide bonds. The van der Waals surface area contributed by atoms with Crippen LogP contribution in [0.2, 0.25) is 5.02 Å². The Morgan fingerprint density at radius 2 is 1.92 bits per heavy atom.